The summed E-state index contributed by atoms with van der Waals surface area (Å²) in [5.74, 6) is -12.9. The van der Waals surface area contributed by atoms with Crippen molar-refractivity contribution < 1.29 is 41.3 Å². The van der Waals surface area contributed by atoms with Crippen LogP contribution >= 0.6 is 0 Å². The summed E-state index contributed by atoms with van der Waals surface area (Å²) in [4.78, 5) is 14.6. The molecular weight excluding hydrogens is 547 g/mol. The van der Waals surface area contributed by atoms with Gasteiger partial charge in [0.25, 0.3) is 5.91 Å². The second kappa shape index (κ2) is 12.9. The first-order valence-electron chi connectivity index (χ1n) is 12.8. The molecule has 0 aliphatic carbocycles. The number of aliphatic hydroxyl groups is 1. The largest absolute Gasteiger partial charge is 0.392 e. The minimum Gasteiger partial charge on any atom is -0.392 e. The van der Waals surface area contributed by atoms with E-state index < -0.39 is 53.0 Å². The molecule has 11 heteroatoms. The van der Waals surface area contributed by atoms with E-state index in [4.69, 9.17) is 9.47 Å². The number of halogens is 5. The topological polar surface area (TPSA) is 71.0 Å². The van der Waals surface area contributed by atoms with Gasteiger partial charge in [-0.15, -0.1) is 6.58 Å². The first-order valence-corrected chi connectivity index (χ1v) is 12.8. The van der Waals surface area contributed by atoms with Crippen LogP contribution in [0.5, 0.6) is 0 Å². The second-order valence-electron chi connectivity index (χ2n) is 9.86. The number of hydrogen-bond donors (Lipinski definition) is 2. The summed E-state index contributed by atoms with van der Waals surface area (Å²) in [5, 5.41) is 11.6. The fourth-order valence-electron chi connectivity index (χ4n) is 4.69. The first-order chi connectivity index (χ1) is 19.5. The van der Waals surface area contributed by atoms with Gasteiger partial charge in [0.1, 0.15) is 5.56 Å². The van der Waals surface area contributed by atoms with Gasteiger partial charge in [-0.1, -0.05) is 49.4 Å². The standard InChI is InChI=1S/C30H29F5N2O4/c1-4-12-37(3)14-21-16(2)28(18-10-8-17(15-38)9-11-18)41-30(40-21)19-6-5-7-20(13-19)36-29(39)22-23(31)25(33)27(35)26(34)24(22)32/h4-11,13,16,21,28,30,38H,1,12,14-15H2,2-3H3,(H,36,39)/t16-,21+,28+,30+/m1/s1. The average molecular weight is 577 g/mol. The Morgan fingerprint density at radius 3 is 2.22 bits per heavy atom. The molecule has 1 amide bonds. The maximum absolute atomic E-state index is 14.2. The van der Waals surface area contributed by atoms with E-state index in [0.717, 1.165) is 11.1 Å². The van der Waals surface area contributed by atoms with Crippen molar-refractivity contribution >= 4 is 11.6 Å². The summed E-state index contributed by atoms with van der Waals surface area (Å²) >= 11 is 0. The molecule has 1 aliphatic heterocycles. The number of nitrogens with zero attached hydrogens (tertiary/aromatic N) is 1. The molecule has 0 saturated carbocycles. The maximum atomic E-state index is 14.2. The highest BCUT2D eigenvalue weighted by Gasteiger charge is 2.39. The number of benzene rings is 3. The van der Waals surface area contributed by atoms with E-state index in [1.807, 2.05) is 31.0 Å². The summed E-state index contributed by atoms with van der Waals surface area (Å²) in [6.07, 6.45) is 0.105. The van der Waals surface area contributed by atoms with Gasteiger partial charge in [0.2, 0.25) is 5.82 Å². The molecule has 6 nitrogen and oxygen atoms in total. The summed E-state index contributed by atoms with van der Waals surface area (Å²) in [6.45, 7) is 6.81. The molecule has 1 heterocycles. The molecule has 0 radical (unpaired) electrons. The maximum Gasteiger partial charge on any atom is 0.261 e. The first kappa shape index (κ1) is 30.3. The molecule has 3 aromatic rings. The highest BCUT2D eigenvalue weighted by Crippen LogP contribution is 2.42. The molecule has 4 atom stereocenters. The van der Waals surface area contributed by atoms with Gasteiger partial charge in [0.15, 0.2) is 29.6 Å². The van der Waals surface area contributed by atoms with E-state index in [2.05, 4.69) is 11.9 Å². The Bertz CT molecular complexity index is 1390. The van der Waals surface area contributed by atoms with Crippen LogP contribution in [0.25, 0.3) is 0 Å². The molecule has 3 aromatic carbocycles. The van der Waals surface area contributed by atoms with Crippen LogP contribution in [0.1, 0.15) is 46.4 Å². The Balaban J connectivity index is 1.62. The predicted molar refractivity (Wildman–Crippen MR) is 141 cm³/mol. The molecule has 1 saturated heterocycles. The number of hydrogen-bond acceptors (Lipinski definition) is 5. The van der Waals surface area contributed by atoms with Crippen molar-refractivity contribution in [3.63, 3.8) is 0 Å². The minimum atomic E-state index is -2.35. The molecule has 1 fully saturated rings. The van der Waals surface area contributed by atoms with Gasteiger partial charge in [-0.3, -0.25) is 4.79 Å². The van der Waals surface area contributed by atoms with Gasteiger partial charge >= 0.3 is 0 Å². The van der Waals surface area contributed by atoms with E-state index >= 15 is 0 Å². The molecule has 41 heavy (non-hydrogen) atoms. The quantitative estimate of drug-likeness (QED) is 0.141. The number of ether oxygens (including phenoxy) is 2. The lowest BCUT2D eigenvalue weighted by molar-refractivity contribution is -0.275. The van der Waals surface area contributed by atoms with Crippen LogP contribution < -0.4 is 5.32 Å². The lowest BCUT2D eigenvalue weighted by atomic mass is 9.90. The van der Waals surface area contributed by atoms with E-state index in [0.29, 0.717) is 18.7 Å². The Morgan fingerprint density at radius 1 is 0.976 bits per heavy atom. The van der Waals surface area contributed by atoms with Crippen molar-refractivity contribution in [1.82, 2.24) is 4.90 Å². The number of anilines is 1. The van der Waals surface area contributed by atoms with Crippen molar-refractivity contribution in [2.24, 2.45) is 5.92 Å². The summed E-state index contributed by atoms with van der Waals surface area (Å²) in [6, 6.07) is 13.3. The average Bonchev–Trinajstić information content (AvgIpc) is 2.96. The van der Waals surface area contributed by atoms with Crippen LogP contribution in [0.2, 0.25) is 0 Å². The second-order valence-corrected chi connectivity index (χ2v) is 9.86. The van der Waals surface area contributed by atoms with Crippen molar-refractivity contribution in [2.45, 2.75) is 32.0 Å². The van der Waals surface area contributed by atoms with Gasteiger partial charge < -0.3 is 24.8 Å². The Morgan fingerprint density at radius 2 is 1.61 bits per heavy atom. The van der Waals surface area contributed by atoms with E-state index in [9.17, 15) is 31.9 Å². The molecule has 218 valence electrons. The Kier molecular flexibility index (Phi) is 9.54. The molecule has 1 aliphatic rings. The third-order valence-corrected chi connectivity index (χ3v) is 6.91. The molecule has 0 unspecified atom stereocenters. The smallest absolute Gasteiger partial charge is 0.261 e. The third kappa shape index (κ3) is 6.48. The number of rotatable bonds is 9. The van der Waals surface area contributed by atoms with Crippen LogP contribution in [-0.4, -0.2) is 42.2 Å². The number of amides is 1. The number of carbonyl (C=O) groups excluding carboxylic acids is 1. The van der Waals surface area contributed by atoms with Crippen molar-refractivity contribution in [2.75, 3.05) is 25.5 Å². The number of nitrogens with one attached hydrogen (secondary N) is 1. The van der Waals surface area contributed by atoms with Gasteiger partial charge in [0, 0.05) is 30.3 Å². The molecule has 2 N–H and O–H groups in total. The van der Waals surface area contributed by atoms with E-state index in [1.54, 1.807) is 24.3 Å². The van der Waals surface area contributed by atoms with E-state index in [1.165, 1.54) is 18.2 Å². The van der Waals surface area contributed by atoms with Gasteiger partial charge in [-0.25, -0.2) is 22.0 Å². The Labute approximate surface area is 234 Å². The molecule has 0 spiro atoms. The summed E-state index contributed by atoms with van der Waals surface area (Å²) < 4.78 is 81.7. The van der Waals surface area contributed by atoms with E-state index in [-0.39, 0.29) is 24.3 Å². The lowest BCUT2D eigenvalue weighted by Crippen LogP contribution is -2.43. The predicted octanol–water partition coefficient (Wildman–Crippen LogP) is 6.04. The van der Waals surface area contributed by atoms with Crippen LogP contribution in [0.4, 0.5) is 27.6 Å². The Hall–Kier alpha value is -3.64. The number of likely N-dealkylation sites (N-methyl/N-ethyl adjacent to an activating group) is 1. The zero-order valence-electron chi connectivity index (χ0n) is 22.3. The van der Waals surface area contributed by atoms with Crippen LogP contribution in [-0.2, 0) is 16.1 Å². The monoisotopic (exact) mass is 576 g/mol. The molecule has 0 bridgehead atoms. The third-order valence-electron chi connectivity index (χ3n) is 6.91. The minimum absolute atomic E-state index is 0.0198. The zero-order valence-corrected chi connectivity index (χ0v) is 22.3. The van der Waals surface area contributed by atoms with Crippen molar-refractivity contribution in [3.05, 3.63) is 113 Å². The van der Waals surface area contributed by atoms with Crippen molar-refractivity contribution in [3.8, 4) is 0 Å². The van der Waals surface area contributed by atoms with Gasteiger partial charge in [-0.2, -0.15) is 0 Å². The number of carbonyl (C=O) groups is 1. The van der Waals surface area contributed by atoms with Crippen LogP contribution in [0, 0.1) is 35.0 Å². The highest BCUT2D eigenvalue weighted by atomic mass is 19.2. The fraction of sp³-hybridized carbons (Fsp3) is 0.300. The summed E-state index contributed by atoms with van der Waals surface area (Å²) in [5.41, 5.74) is 0.467. The lowest BCUT2D eigenvalue weighted by Gasteiger charge is -2.42. The van der Waals surface area contributed by atoms with Gasteiger partial charge in [0.05, 0.1) is 18.8 Å². The SMILES string of the molecule is C=CCN(C)C[C@@H]1O[C@H](c2cccc(NC(=O)c3c(F)c(F)c(F)c(F)c3F)c2)O[C@H](c2ccc(CO)cc2)[C@@H]1C. The fourth-order valence-corrected chi connectivity index (χ4v) is 4.69. The number of aliphatic hydroxyl groups excluding tert-OH is 1. The van der Waals surface area contributed by atoms with Gasteiger partial charge in [-0.05, 0) is 30.3 Å². The van der Waals surface area contributed by atoms with Crippen LogP contribution in [0.3, 0.4) is 0 Å². The normalized spacial score (nSPS) is 20.7. The molecule has 0 aromatic heterocycles. The molecular formula is C30H29F5N2O4. The van der Waals surface area contributed by atoms with Crippen molar-refractivity contribution in [1.29, 1.82) is 0 Å². The molecule has 4 rings (SSSR count). The highest BCUT2D eigenvalue weighted by molar-refractivity contribution is 6.04. The zero-order chi connectivity index (χ0) is 29.8. The van der Waals surface area contributed by atoms with Crippen LogP contribution in [0.15, 0.2) is 61.2 Å². The summed E-state index contributed by atoms with van der Waals surface area (Å²) in [7, 11) is 1.92.